The molecule has 0 aliphatic rings. The number of hydrogen-bond donors (Lipinski definition) is 1. The molecule has 1 N–H and O–H groups in total. The van der Waals surface area contributed by atoms with Gasteiger partial charge >= 0.3 is 0 Å². The summed E-state index contributed by atoms with van der Waals surface area (Å²) in [5.74, 6) is 0.154. The Morgan fingerprint density at radius 1 is 1.12 bits per heavy atom. The normalized spacial score (nSPS) is 10.7. The molecule has 0 amide bonds. The van der Waals surface area contributed by atoms with Gasteiger partial charge in [0.2, 0.25) is 5.88 Å². The van der Waals surface area contributed by atoms with Crippen molar-refractivity contribution < 1.29 is 5.11 Å². The second-order valence-electron chi connectivity index (χ2n) is 4.39. The molecule has 0 aliphatic carbocycles. The quantitative estimate of drug-likeness (QED) is 0.677. The Balaban J connectivity index is 2.46. The maximum absolute atomic E-state index is 9.32. The summed E-state index contributed by atoms with van der Waals surface area (Å²) >= 11 is 1.54. The van der Waals surface area contributed by atoms with E-state index < -0.39 is 0 Å². The van der Waals surface area contributed by atoms with Crippen LogP contribution in [0, 0.1) is 0 Å². The molecule has 17 heavy (non-hydrogen) atoms. The minimum absolute atomic E-state index is 0.154. The van der Waals surface area contributed by atoms with Gasteiger partial charge in [-0.05, 0) is 12.8 Å². The van der Waals surface area contributed by atoms with E-state index in [1.807, 2.05) is 0 Å². The molecule has 1 aromatic rings. The van der Waals surface area contributed by atoms with Crippen molar-refractivity contribution >= 4 is 16.5 Å². The van der Waals surface area contributed by atoms with E-state index in [9.17, 15) is 5.11 Å². The number of nitrogens with zero attached hydrogens (tertiary/aromatic N) is 2. The van der Waals surface area contributed by atoms with E-state index in [1.54, 1.807) is 5.38 Å². The van der Waals surface area contributed by atoms with Crippen LogP contribution in [0.5, 0.6) is 5.88 Å². The maximum Gasteiger partial charge on any atom is 0.223 e. The minimum Gasteiger partial charge on any atom is -0.493 e. The average Bonchev–Trinajstić information content (AvgIpc) is 2.74. The van der Waals surface area contributed by atoms with Crippen molar-refractivity contribution in [3.63, 3.8) is 0 Å². The van der Waals surface area contributed by atoms with Gasteiger partial charge in [-0.15, -0.1) is 11.3 Å². The Kier molecular flexibility index (Phi) is 7.01. The highest BCUT2D eigenvalue weighted by molar-refractivity contribution is 7.13. The van der Waals surface area contributed by atoms with Crippen molar-refractivity contribution in [2.75, 3.05) is 18.0 Å². The lowest BCUT2D eigenvalue weighted by molar-refractivity contribution is 0.457. The summed E-state index contributed by atoms with van der Waals surface area (Å²) in [6.45, 7) is 6.56. The van der Waals surface area contributed by atoms with Gasteiger partial charge in [0.1, 0.15) is 0 Å². The molecule has 1 heterocycles. The Labute approximate surface area is 108 Å². The molecule has 0 spiro atoms. The fourth-order valence-corrected chi connectivity index (χ4v) is 2.55. The van der Waals surface area contributed by atoms with Crippen molar-refractivity contribution in [2.24, 2.45) is 0 Å². The van der Waals surface area contributed by atoms with E-state index in [0.29, 0.717) is 0 Å². The third-order valence-electron chi connectivity index (χ3n) is 2.81. The van der Waals surface area contributed by atoms with E-state index in [-0.39, 0.29) is 5.88 Å². The van der Waals surface area contributed by atoms with Gasteiger partial charge in [-0.3, -0.25) is 0 Å². The number of aromatic nitrogens is 1. The average molecular weight is 256 g/mol. The van der Waals surface area contributed by atoms with Crippen molar-refractivity contribution in [2.45, 2.75) is 52.4 Å². The molecular formula is C13H24N2OS. The highest BCUT2D eigenvalue weighted by atomic mass is 32.1. The van der Waals surface area contributed by atoms with Gasteiger partial charge in [-0.25, -0.2) is 0 Å². The molecule has 98 valence electrons. The van der Waals surface area contributed by atoms with Gasteiger partial charge in [-0.1, -0.05) is 39.5 Å². The number of hydrogen-bond acceptors (Lipinski definition) is 4. The standard InChI is InChI=1S/C13H24N2OS/c1-3-5-7-9-15(10-8-6-4-2)13-14-12(16)11-17-13/h11,16H,3-10H2,1-2H3. The van der Waals surface area contributed by atoms with Gasteiger partial charge in [0.05, 0.1) is 5.38 Å². The number of unbranched alkanes of at least 4 members (excludes halogenated alkanes) is 4. The van der Waals surface area contributed by atoms with E-state index in [0.717, 1.165) is 18.2 Å². The van der Waals surface area contributed by atoms with E-state index >= 15 is 0 Å². The van der Waals surface area contributed by atoms with Gasteiger partial charge < -0.3 is 10.0 Å². The molecule has 0 bridgehead atoms. The maximum atomic E-state index is 9.32. The zero-order chi connectivity index (χ0) is 12.5. The molecule has 0 saturated heterocycles. The monoisotopic (exact) mass is 256 g/mol. The topological polar surface area (TPSA) is 36.4 Å². The van der Waals surface area contributed by atoms with E-state index in [1.165, 1.54) is 49.9 Å². The number of anilines is 1. The zero-order valence-corrected chi connectivity index (χ0v) is 11.8. The van der Waals surface area contributed by atoms with Gasteiger partial charge in [0, 0.05) is 13.1 Å². The lowest BCUT2D eigenvalue weighted by Gasteiger charge is -2.21. The zero-order valence-electron chi connectivity index (χ0n) is 11.0. The third-order valence-corrected chi connectivity index (χ3v) is 3.70. The van der Waals surface area contributed by atoms with Gasteiger partial charge in [0.25, 0.3) is 0 Å². The van der Waals surface area contributed by atoms with Crippen LogP contribution >= 0.6 is 11.3 Å². The summed E-state index contributed by atoms with van der Waals surface area (Å²) in [6, 6.07) is 0. The first-order valence-electron chi connectivity index (χ1n) is 6.67. The largest absolute Gasteiger partial charge is 0.493 e. The lowest BCUT2D eigenvalue weighted by atomic mass is 10.2. The van der Waals surface area contributed by atoms with Crippen LogP contribution in [0.4, 0.5) is 5.13 Å². The molecular weight excluding hydrogens is 232 g/mol. The van der Waals surface area contributed by atoms with Crippen molar-refractivity contribution in [1.29, 1.82) is 0 Å². The highest BCUT2D eigenvalue weighted by Crippen LogP contribution is 2.24. The summed E-state index contributed by atoms with van der Waals surface area (Å²) in [5, 5.41) is 12.0. The second-order valence-corrected chi connectivity index (χ2v) is 5.23. The predicted octanol–water partition coefficient (Wildman–Crippen LogP) is 4.04. The Morgan fingerprint density at radius 3 is 2.12 bits per heavy atom. The highest BCUT2D eigenvalue weighted by Gasteiger charge is 2.10. The van der Waals surface area contributed by atoms with Crippen molar-refractivity contribution in [3.8, 4) is 5.88 Å². The number of rotatable bonds is 9. The SMILES string of the molecule is CCCCCN(CCCCC)c1nc(O)cs1. The van der Waals surface area contributed by atoms with Crippen molar-refractivity contribution in [1.82, 2.24) is 4.98 Å². The van der Waals surface area contributed by atoms with Crippen LogP contribution in [0.1, 0.15) is 52.4 Å². The molecule has 1 aromatic heterocycles. The summed E-state index contributed by atoms with van der Waals surface area (Å²) in [6.07, 6.45) is 7.44. The molecule has 1 rings (SSSR count). The molecule has 0 unspecified atom stereocenters. The molecule has 4 heteroatoms. The lowest BCUT2D eigenvalue weighted by Crippen LogP contribution is -2.25. The third kappa shape index (κ3) is 5.39. The molecule has 0 aromatic carbocycles. The fraction of sp³-hybridized carbons (Fsp3) is 0.769. The second kappa shape index (κ2) is 8.34. The molecule has 0 fully saturated rings. The van der Waals surface area contributed by atoms with Crippen LogP contribution in [0.3, 0.4) is 0 Å². The summed E-state index contributed by atoms with van der Waals surface area (Å²) in [5.41, 5.74) is 0. The molecule has 0 saturated carbocycles. The Morgan fingerprint density at radius 2 is 1.71 bits per heavy atom. The predicted molar refractivity (Wildman–Crippen MR) is 75.0 cm³/mol. The Bertz CT molecular complexity index is 291. The van der Waals surface area contributed by atoms with E-state index in [4.69, 9.17) is 0 Å². The summed E-state index contributed by atoms with van der Waals surface area (Å²) in [7, 11) is 0. The van der Waals surface area contributed by atoms with E-state index in [2.05, 4.69) is 23.7 Å². The molecule has 0 atom stereocenters. The fourth-order valence-electron chi connectivity index (χ4n) is 1.81. The molecule has 0 radical (unpaired) electrons. The van der Waals surface area contributed by atoms with Crippen LogP contribution in [0.2, 0.25) is 0 Å². The summed E-state index contributed by atoms with van der Waals surface area (Å²) < 4.78 is 0. The first kappa shape index (κ1) is 14.3. The smallest absolute Gasteiger partial charge is 0.223 e. The minimum atomic E-state index is 0.154. The van der Waals surface area contributed by atoms with Gasteiger partial charge in [0.15, 0.2) is 5.13 Å². The number of aromatic hydroxyl groups is 1. The number of thiazole rings is 1. The first-order valence-corrected chi connectivity index (χ1v) is 7.55. The van der Waals surface area contributed by atoms with Crippen LogP contribution < -0.4 is 4.90 Å². The van der Waals surface area contributed by atoms with Crippen molar-refractivity contribution in [3.05, 3.63) is 5.38 Å². The summed E-state index contributed by atoms with van der Waals surface area (Å²) in [4.78, 5) is 6.48. The van der Waals surface area contributed by atoms with Crippen LogP contribution in [0.15, 0.2) is 5.38 Å². The first-order chi connectivity index (χ1) is 8.27. The van der Waals surface area contributed by atoms with Gasteiger partial charge in [-0.2, -0.15) is 4.98 Å². The van der Waals surface area contributed by atoms with Crippen LogP contribution in [0.25, 0.3) is 0 Å². The Hall–Kier alpha value is -0.770. The molecule has 0 aliphatic heterocycles. The molecule has 3 nitrogen and oxygen atoms in total. The van der Waals surface area contributed by atoms with Crippen LogP contribution in [-0.4, -0.2) is 23.2 Å². The van der Waals surface area contributed by atoms with Crippen LogP contribution in [-0.2, 0) is 0 Å².